The van der Waals surface area contributed by atoms with E-state index in [0.717, 1.165) is 37.4 Å². The smallest absolute Gasteiger partial charge is 0.322 e. The van der Waals surface area contributed by atoms with Crippen molar-refractivity contribution in [2.24, 2.45) is 11.8 Å². The molecule has 1 aromatic carbocycles. The number of nitrogens with one attached hydrogen (secondary N) is 3. The van der Waals surface area contributed by atoms with Gasteiger partial charge in [-0.1, -0.05) is 0 Å². The van der Waals surface area contributed by atoms with Crippen LogP contribution in [-0.4, -0.2) is 89.5 Å². The zero-order valence-electron chi connectivity index (χ0n) is 24.2. The van der Waals surface area contributed by atoms with Crippen LogP contribution >= 0.6 is 0 Å². The monoisotopic (exact) mass is 573 g/mol. The number of hydrogen-bond donors (Lipinski definition) is 4. The van der Waals surface area contributed by atoms with E-state index in [0.29, 0.717) is 37.5 Å². The SMILES string of the molecule is CC(C)NC(=O)COc1ccc(C(=O)N(N[C@@H](C)C(=O)O)C(=O)[C@@H]2CCCN(C(=O)CCC3CCNCC3)C2)cc1. The molecule has 12 nitrogen and oxygen atoms in total. The molecule has 0 spiro atoms. The van der Waals surface area contributed by atoms with Crippen molar-refractivity contribution in [2.75, 3.05) is 32.8 Å². The largest absolute Gasteiger partial charge is 0.484 e. The molecule has 3 rings (SSSR count). The Morgan fingerprint density at radius 2 is 1.76 bits per heavy atom. The van der Waals surface area contributed by atoms with Crippen molar-refractivity contribution in [3.8, 4) is 5.75 Å². The summed E-state index contributed by atoms with van der Waals surface area (Å²) >= 11 is 0. The van der Waals surface area contributed by atoms with E-state index < -0.39 is 29.7 Å². The number of carboxylic acids is 1. The highest BCUT2D eigenvalue weighted by atomic mass is 16.5. The Balaban J connectivity index is 1.65. The molecule has 4 amide bonds. The van der Waals surface area contributed by atoms with Crippen LogP contribution in [0.15, 0.2) is 24.3 Å². The minimum atomic E-state index is -1.22. The number of piperidine rings is 2. The standard InChI is InChI=1S/C29H43N5O7/c1-19(2)31-25(35)18-41-24-9-7-22(8-10-24)27(37)34(32-20(3)29(39)40)28(38)23-5-4-16-33(17-23)26(36)11-6-21-12-14-30-15-13-21/h7-10,19-21,23,30,32H,4-6,11-18H2,1-3H3,(H,31,35)(H,39,40)/t20-,23+/m0/s1. The maximum atomic E-state index is 13.6. The van der Waals surface area contributed by atoms with E-state index in [1.165, 1.54) is 31.2 Å². The van der Waals surface area contributed by atoms with Gasteiger partial charge in [0.05, 0.1) is 5.92 Å². The van der Waals surface area contributed by atoms with E-state index in [-0.39, 0.29) is 36.6 Å². The Labute approximate surface area is 241 Å². The van der Waals surface area contributed by atoms with Crippen molar-refractivity contribution in [3.05, 3.63) is 29.8 Å². The van der Waals surface area contributed by atoms with Crippen LogP contribution in [0, 0.1) is 11.8 Å². The Bertz CT molecular complexity index is 1070. The third kappa shape index (κ3) is 9.82. The van der Waals surface area contributed by atoms with Crippen molar-refractivity contribution in [2.45, 2.75) is 71.4 Å². The molecule has 0 radical (unpaired) electrons. The molecule has 4 N–H and O–H groups in total. The van der Waals surface area contributed by atoms with Gasteiger partial charge in [0.1, 0.15) is 11.8 Å². The van der Waals surface area contributed by atoms with Gasteiger partial charge in [0.15, 0.2) is 6.61 Å². The number of aliphatic carboxylic acids is 1. The van der Waals surface area contributed by atoms with Gasteiger partial charge in [0.25, 0.3) is 11.8 Å². The molecule has 226 valence electrons. The number of benzene rings is 1. The highest BCUT2D eigenvalue weighted by molar-refractivity contribution is 6.05. The second-order valence-corrected chi connectivity index (χ2v) is 11.1. The van der Waals surface area contributed by atoms with Crippen LogP contribution in [0.25, 0.3) is 0 Å². The average molecular weight is 574 g/mol. The maximum Gasteiger partial charge on any atom is 0.322 e. The molecule has 41 heavy (non-hydrogen) atoms. The van der Waals surface area contributed by atoms with Crippen molar-refractivity contribution >= 4 is 29.6 Å². The van der Waals surface area contributed by atoms with Gasteiger partial charge in [0.2, 0.25) is 11.8 Å². The van der Waals surface area contributed by atoms with E-state index in [2.05, 4.69) is 16.1 Å². The molecule has 2 atom stereocenters. The number of carbonyl (C=O) groups excluding carboxylic acids is 4. The van der Waals surface area contributed by atoms with Gasteiger partial charge in [-0.15, -0.1) is 0 Å². The Kier molecular flexibility index (Phi) is 12.1. The third-order valence-corrected chi connectivity index (χ3v) is 7.39. The summed E-state index contributed by atoms with van der Waals surface area (Å²) in [5.74, 6) is -2.57. The molecule has 0 unspecified atom stereocenters. The lowest BCUT2D eigenvalue weighted by molar-refractivity contribution is -0.144. The predicted molar refractivity (Wildman–Crippen MR) is 151 cm³/mol. The normalized spacial score (nSPS) is 18.4. The van der Waals surface area contributed by atoms with Gasteiger partial charge < -0.3 is 25.4 Å². The summed E-state index contributed by atoms with van der Waals surface area (Å²) in [7, 11) is 0. The summed E-state index contributed by atoms with van der Waals surface area (Å²) in [5, 5.41) is 16.2. The number of imide groups is 1. The number of ether oxygens (including phenoxy) is 1. The zero-order chi connectivity index (χ0) is 29.9. The zero-order valence-corrected chi connectivity index (χ0v) is 24.2. The van der Waals surface area contributed by atoms with Crippen LogP contribution in [-0.2, 0) is 19.2 Å². The average Bonchev–Trinajstić information content (AvgIpc) is 2.97. The fraction of sp³-hybridized carbons (Fsp3) is 0.621. The first-order chi connectivity index (χ1) is 19.5. The summed E-state index contributed by atoms with van der Waals surface area (Å²) in [6.45, 7) is 7.49. The molecule has 1 aromatic rings. The lowest BCUT2D eigenvalue weighted by atomic mass is 9.92. The van der Waals surface area contributed by atoms with Gasteiger partial charge in [-0.2, -0.15) is 0 Å². The second kappa shape index (κ2) is 15.5. The molecule has 2 fully saturated rings. The number of carbonyl (C=O) groups is 5. The summed E-state index contributed by atoms with van der Waals surface area (Å²) in [6.07, 6.45) is 4.45. The molecule has 2 aliphatic heterocycles. The minimum absolute atomic E-state index is 0.00318. The first kappa shape index (κ1) is 32.0. The van der Waals surface area contributed by atoms with Crippen LogP contribution in [0.2, 0.25) is 0 Å². The maximum absolute atomic E-state index is 13.6. The fourth-order valence-corrected chi connectivity index (χ4v) is 5.05. The Morgan fingerprint density at radius 1 is 1.07 bits per heavy atom. The number of nitrogens with zero attached hydrogens (tertiary/aromatic N) is 2. The van der Waals surface area contributed by atoms with Gasteiger partial charge in [-0.05, 0) is 96.1 Å². The van der Waals surface area contributed by atoms with Crippen LogP contribution in [0.5, 0.6) is 5.75 Å². The van der Waals surface area contributed by atoms with Crippen LogP contribution in [0.1, 0.15) is 69.7 Å². The van der Waals surface area contributed by atoms with Crippen LogP contribution in [0.4, 0.5) is 0 Å². The number of hydrazine groups is 1. The predicted octanol–water partition coefficient (Wildman–Crippen LogP) is 1.55. The van der Waals surface area contributed by atoms with Crippen molar-refractivity contribution in [1.29, 1.82) is 0 Å². The highest BCUT2D eigenvalue weighted by Gasteiger charge is 2.35. The Hall–Kier alpha value is -3.51. The van der Waals surface area contributed by atoms with Crippen molar-refractivity contribution < 1.29 is 33.8 Å². The molecule has 2 heterocycles. The molecule has 0 aliphatic carbocycles. The van der Waals surface area contributed by atoms with E-state index in [9.17, 15) is 29.1 Å². The molecular formula is C29H43N5O7. The number of likely N-dealkylation sites (tertiary alicyclic amines) is 1. The second-order valence-electron chi connectivity index (χ2n) is 11.1. The minimum Gasteiger partial charge on any atom is -0.484 e. The number of carboxylic acid groups (broad SMARTS) is 1. The number of rotatable bonds is 12. The van der Waals surface area contributed by atoms with E-state index in [4.69, 9.17) is 4.74 Å². The molecule has 0 aromatic heterocycles. The first-order valence-corrected chi connectivity index (χ1v) is 14.4. The topological polar surface area (TPSA) is 157 Å². The van der Waals surface area contributed by atoms with Gasteiger partial charge in [-0.3, -0.25) is 24.0 Å². The summed E-state index contributed by atoms with van der Waals surface area (Å²) in [4.78, 5) is 65.1. The Morgan fingerprint density at radius 3 is 2.39 bits per heavy atom. The number of amides is 4. The van der Waals surface area contributed by atoms with Crippen molar-refractivity contribution in [1.82, 2.24) is 26.0 Å². The number of hydrogen-bond acceptors (Lipinski definition) is 8. The summed E-state index contributed by atoms with van der Waals surface area (Å²) in [5.41, 5.74) is 2.67. The molecule has 2 saturated heterocycles. The lowest BCUT2D eigenvalue weighted by Gasteiger charge is -2.35. The van der Waals surface area contributed by atoms with Gasteiger partial charge >= 0.3 is 5.97 Å². The molecule has 2 aliphatic rings. The highest BCUT2D eigenvalue weighted by Crippen LogP contribution is 2.23. The fourth-order valence-electron chi connectivity index (χ4n) is 5.05. The molecule has 12 heteroatoms. The molecular weight excluding hydrogens is 530 g/mol. The van der Waals surface area contributed by atoms with E-state index >= 15 is 0 Å². The third-order valence-electron chi connectivity index (χ3n) is 7.39. The van der Waals surface area contributed by atoms with Crippen LogP contribution < -0.4 is 20.8 Å². The van der Waals surface area contributed by atoms with Gasteiger partial charge in [0, 0.05) is 31.1 Å². The lowest BCUT2D eigenvalue weighted by Crippen LogP contribution is -2.56. The van der Waals surface area contributed by atoms with Gasteiger partial charge in [-0.25, -0.2) is 10.4 Å². The van der Waals surface area contributed by atoms with Crippen molar-refractivity contribution in [3.63, 3.8) is 0 Å². The summed E-state index contributed by atoms with van der Waals surface area (Å²) in [6, 6.07) is 4.66. The first-order valence-electron chi connectivity index (χ1n) is 14.4. The summed E-state index contributed by atoms with van der Waals surface area (Å²) < 4.78 is 5.46. The van der Waals surface area contributed by atoms with E-state index in [1.807, 2.05) is 13.8 Å². The molecule has 0 bridgehead atoms. The molecule has 0 saturated carbocycles. The van der Waals surface area contributed by atoms with E-state index in [1.54, 1.807) is 4.90 Å². The quantitative estimate of drug-likeness (QED) is 0.215. The van der Waals surface area contributed by atoms with Crippen LogP contribution in [0.3, 0.4) is 0 Å².